The van der Waals surface area contributed by atoms with Gasteiger partial charge in [0.1, 0.15) is 18.6 Å². The zero-order valence-corrected chi connectivity index (χ0v) is 14.3. The molecule has 0 aliphatic carbocycles. The predicted molar refractivity (Wildman–Crippen MR) is 92.4 cm³/mol. The minimum absolute atomic E-state index is 0.109. The number of rotatable bonds is 1. The molecule has 7 heteroatoms. The molecular formula is C18H16ClN5O. The summed E-state index contributed by atoms with van der Waals surface area (Å²) in [7, 11) is 0. The van der Waals surface area contributed by atoms with E-state index in [1.807, 2.05) is 41.0 Å². The second-order valence-electron chi connectivity index (χ2n) is 6.42. The van der Waals surface area contributed by atoms with E-state index in [0.717, 1.165) is 29.3 Å². The first-order valence-corrected chi connectivity index (χ1v) is 8.62. The van der Waals surface area contributed by atoms with Gasteiger partial charge in [-0.1, -0.05) is 17.7 Å². The highest BCUT2D eigenvalue weighted by molar-refractivity contribution is 6.30. The molecule has 25 heavy (non-hydrogen) atoms. The Labute approximate surface area is 150 Å². The van der Waals surface area contributed by atoms with E-state index in [2.05, 4.69) is 27.0 Å². The van der Waals surface area contributed by atoms with Gasteiger partial charge in [0.25, 0.3) is 0 Å². The fraction of sp³-hybridized carbons (Fsp3) is 0.278. The number of fused-ring (bicyclic) bond motifs is 5. The van der Waals surface area contributed by atoms with Crippen molar-refractivity contribution in [1.29, 1.82) is 0 Å². The Hall–Kier alpha value is -2.28. The van der Waals surface area contributed by atoms with Gasteiger partial charge in [0.15, 0.2) is 5.82 Å². The van der Waals surface area contributed by atoms with E-state index in [4.69, 9.17) is 16.3 Å². The first kappa shape index (κ1) is 15.0. The van der Waals surface area contributed by atoms with Gasteiger partial charge in [0.05, 0.1) is 17.5 Å². The number of pyridine rings is 1. The first-order valence-electron chi connectivity index (χ1n) is 8.24. The van der Waals surface area contributed by atoms with Gasteiger partial charge in [-0.2, -0.15) is 0 Å². The van der Waals surface area contributed by atoms with E-state index in [1.165, 1.54) is 0 Å². The smallest absolute Gasteiger partial charge is 0.161 e. The lowest BCUT2D eigenvalue weighted by Crippen LogP contribution is -2.31. The Morgan fingerprint density at radius 2 is 2.16 bits per heavy atom. The Morgan fingerprint density at radius 3 is 3.00 bits per heavy atom. The molecule has 0 spiro atoms. The number of benzene rings is 1. The molecule has 2 aliphatic rings. The summed E-state index contributed by atoms with van der Waals surface area (Å²) in [5.41, 5.74) is 2.95. The van der Waals surface area contributed by atoms with Crippen LogP contribution in [0.2, 0.25) is 5.02 Å². The standard InChI is InChI=1S/C18H16ClN5O/c1-11-9-23-16(14-4-2-3-7-20-14)17-22-21-10-24(17)15-6-5-12(19)8-13(15)18(23)25-11/h2-8,10-11,16,18H,9H2,1H3. The largest absolute Gasteiger partial charge is 0.354 e. The lowest BCUT2D eigenvalue weighted by atomic mass is 10.1. The molecule has 126 valence electrons. The molecule has 1 saturated heterocycles. The highest BCUT2D eigenvalue weighted by Gasteiger charge is 2.43. The number of hydrogen-bond acceptors (Lipinski definition) is 5. The topological polar surface area (TPSA) is 56.1 Å². The molecule has 2 aliphatic heterocycles. The minimum atomic E-state index is -0.197. The normalized spacial score (nSPS) is 25.1. The summed E-state index contributed by atoms with van der Waals surface area (Å²) in [5.74, 6) is 0.836. The van der Waals surface area contributed by atoms with Crippen molar-refractivity contribution in [3.63, 3.8) is 0 Å². The SMILES string of the molecule is CC1CN2C(O1)c1cc(Cl)ccc1-n1cnnc1C2c1ccccn1. The van der Waals surface area contributed by atoms with Crippen molar-refractivity contribution in [3.05, 3.63) is 71.0 Å². The Bertz CT molecular complexity index is 928. The van der Waals surface area contributed by atoms with Crippen LogP contribution in [0.4, 0.5) is 0 Å². The maximum atomic E-state index is 6.28. The summed E-state index contributed by atoms with van der Waals surface area (Å²) in [4.78, 5) is 6.87. The van der Waals surface area contributed by atoms with Crippen LogP contribution in [0.3, 0.4) is 0 Å². The number of halogens is 1. The van der Waals surface area contributed by atoms with E-state index in [0.29, 0.717) is 5.02 Å². The third kappa shape index (κ3) is 2.29. The van der Waals surface area contributed by atoms with Crippen molar-refractivity contribution in [1.82, 2.24) is 24.6 Å². The van der Waals surface area contributed by atoms with Crippen LogP contribution in [0.15, 0.2) is 48.9 Å². The summed E-state index contributed by atoms with van der Waals surface area (Å²) in [6.45, 7) is 2.86. The van der Waals surface area contributed by atoms with Crippen LogP contribution < -0.4 is 0 Å². The molecule has 6 nitrogen and oxygen atoms in total. The van der Waals surface area contributed by atoms with Gasteiger partial charge >= 0.3 is 0 Å². The average Bonchev–Trinajstić information content (AvgIpc) is 3.22. The fourth-order valence-corrected chi connectivity index (χ4v) is 3.95. The Kier molecular flexibility index (Phi) is 3.38. The van der Waals surface area contributed by atoms with E-state index in [9.17, 15) is 0 Å². The average molecular weight is 354 g/mol. The quantitative estimate of drug-likeness (QED) is 0.672. The van der Waals surface area contributed by atoms with Gasteiger partial charge in [0, 0.05) is 23.3 Å². The van der Waals surface area contributed by atoms with E-state index >= 15 is 0 Å². The molecule has 1 aromatic carbocycles. The highest BCUT2D eigenvalue weighted by atomic mass is 35.5. The van der Waals surface area contributed by atoms with Crippen LogP contribution in [-0.2, 0) is 4.74 Å². The zero-order chi connectivity index (χ0) is 17.0. The summed E-state index contributed by atoms with van der Waals surface area (Å²) in [6.07, 6.45) is 3.46. The van der Waals surface area contributed by atoms with Gasteiger partial charge < -0.3 is 4.74 Å². The van der Waals surface area contributed by atoms with Crippen molar-refractivity contribution in [3.8, 4) is 5.69 Å². The zero-order valence-electron chi connectivity index (χ0n) is 13.6. The third-order valence-electron chi connectivity index (χ3n) is 4.76. The molecule has 4 heterocycles. The summed E-state index contributed by atoms with van der Waals surface area (Å²) < 4.78 is 8.27. The van der Waals surface area contributed by atoms with Crippen LogP contribution in [0.25, 0.3) is 5.69 Å². The highest BCUT2D eigenvalue weighted by Crippen LogP contribution is 2.45. The molecule has 2 aromatic heterocycles. The third-order valence-corrected chi connectivity index (χ3v) is 5.00. The fourth-order valence-electron chi connectivity index (χ4n) is 3.77. The summed E-state index contributed by atoms with van der Waals surface area (Å²) in [6, 6.07) is 11.6. The Morgan fingerprint density at radius 1 is 1.24 bits per heavy atom. The lowest BCUT2D eigenvalue weighted by Gasteiger charge is -2.28. The molecule has 0 saturated carbocycles. The molecule has 0 radical (unpaired) electrons. The van der Waals surface area contributed by atoms with E-state index in [1.54, 1.807) is 12.5 Å². The number of ether oxygens (including phenoxy) is 1. The molecule has 0 amide bonds. The maximum Gasteiger partial charge on any atom is 0.161 e. The van der Waals surface area contributed by atoms with Crippen LogP contribution in [0, 0.1) is 0 Å². The van der Waals surface area contributed by atoms with Crippen LogP contribution >= 0.6 is 11.6 Å². The molecular weight excluding hydrogens is 338 g/mol. The summed E-state index contributed by atoms with van der Waals surface area (Å²) in [5, 5.41) is 9.27. The molecule has 3 unspecified atom stereocenters. The van der Waals surface area contributed by atoms with Crippen molar-refractivity contribution >= 4 is 11.6 Å². The monoisotopic (exact) mass is 353 g/mol. The van der Waals surface area contributed by atoms with Gasteiger partial charge in [-0.3, -0.25) is 14.5 Å². The van der Waals surface area contributed by atoms with Gasteiger partial charge in [-0.15, -0.1) is 10.2 Å². The van der Waals surface area contributed by atoms with Crippen LogP contribution in [0.5, 0.6) is 0 Å². The second kappa shape index (κ2) is 5.62. The maximum absolute atomic E-state index is 6.28. The van der Waals surface area contributed by atoms with E-state index < -0.39 is 0 Å². The molecule has 5 rings (SSSR count). The summed E-state index contributed by atoms with van der Waals surface area (Å²) >= 11 is 6.28. The number of hydrogen-bond donors (Lipinski definition) is 0. The lowest BCUT2D eigenvalue weighted by molar-refractivity contribution is -0.00562. The Balaban J connectivity index is 1.78. The minimum Gasteiger partial charge on any atom is -0.354 e. The van der Waals surface area contributed by atoms with E-state index in [-0.39, 0.29) is 18.4 Å². The van der Waals surface area contributed by atoms with Crippen LogP contribution in [0.1, 0.15) is 36.3 Å². The molecule has 0 N–H and O–H groups in total. The molecule has 1 fully saturated rings. The van der Waals surface area contributed by atoms with Crippen molar-refractivity contribution < 1.29 is 4.74 Å². The molecule has 3 atom stereocenters. The number of aromatic nitrogens is 4. The molecule has 3 aromatic rings. The molecule has 0 bridgehead atoms. The second-order valence-corrected chi connectivity index (χ2v) is 6.85. The van der Waals surface area contributed by atoms with Gasteiger partial charge in [0.2, 0.25) is 0 Å². The van der Waals surface area contributed by atoms with Crippen LogP contribution in [-0.4, -0.2) is 37.3 Å². The van der Waals surface area contributed by atoms with Crippen molar-refractivity contribution in [2.24, 2.45) is 0 Å². The van der Waals surface area contributed by atoms with Gasteiger partial charge in [-0.05, 0) is 37.3 Å². The first-order chi connectivity index (χ1) is 12.2. The van der Waals surface area contributed by atoms with Crippen molar-refractivity contribution in [2.45, 2.75) is 25.3 Å². The number of nitrogens with zero attached hydrogens (tertiary/aromatic N) is 5. The van der Waals surface area contributed by atoms with Crippen molar-refractivity contribution in [2.75, 3.05) is 6.54 Å². The van der Waals surface area contributed by atoms with Gasteiger partial charge in [-0.25, -0.2) is 0 Å². The predicted octanol–water partition coefficient (Wildman–Crippen LogP) is 3.14.